The predicted octanol–water partition coefficient (Wildman–Crippen LogP) is 5.46. The average molecular weight is 458 g/mol. The number of anilines is 1. The van der Waals surface area contributed by atoms with Gasteiger partial charge >= 0.3 is 0 Å². The van der Waals surface area contributed by atoms with Gasteiger partial charge in [0.15, 0.2) is 6.23 Å². The molecular weight excluding hydrogens is 426 g/mol. The minimum absolute atomic E-state index is 0.00659. The van der Waals surface area contributed by atoms with Crippen molar-refractivity contribution in [1.82, 2.24) is 4.90 Å². The van der Waals surface area contributed by atoms with Crippen molar-refractivity contribution in [1.29, 1.82) is 0 Å². The molecule has 4 atom stereocenters. The van der Waals surface area contributed by atoms with Crippen molar-refractivity contribution in [2.75, 3.05) is 18.8 Å². The van der Waals surface area contributed by atoms with Crippen LogP contribution in [0.3, 0.4) is 0 Å². The van der Waals surface area contributed by atoms with Crippen LogP contribution in [0.2, 0.25) is 0 Å². The Bertz CT molecular complexity index is 1110. The van der Waals surface area contributed by atoms with Gasteiger partial charge in [-0.3, -0.25) is 4.99 Å². The van der Waals surface area contributed by atoms with Gasteiger partial charge in [-0.15, -0.1) is 0 Å². The van der Waals surface area contributed by atoms with Gasteiger partial charge in [-0.25, -0.2) is 9.90 Å². The van der Waals surface area contributed by atoms with Gasteiger partial charge in [0.05, 0.1) is 24.6 Å². The zero-order valence-electron chi connectivity index (χ0n) is 19.8. The van der Waals surface area contributed by atoms with E-state index in [-0.39, 0.29) is 24.4 Å². The van der Waals surface area contributed by atoms with E-state index in [4.69, 9.17) is 19.0 Å². The predicted molar refractivity (Wildman–Crippen MR) is 133 cm³/mol. The van der Waals surface area contributed by atoms with Gasteiger partial charge in [-0.2, -0.15) is 0 Å². The standard InChI is InChI=1S/C28H31N3O3/c1-20(2)23(19-32-3)29-28(21-11-6-4-7-12-21)30-26-17-16-24(27(30)25-15-10-18-33-25)31(34-26)22-13-8-5-9-14-22/h4-18,20,23-24,26-27H,19H2,1-3H3/t23-,24+,26-,27+/m1/s1. The molecule has 6 nitrogen and oxygen atoms in total. The third-order valence-electron chi connectivity index (χ3n) is 6.38. The summed E-state index contributed by atoms with van der Waals surface area (Å²) in [4.78, 5) is 14.1. The van der Waals surface area contributed by atoms with Crippen LogP contribution in [-0.4, -0.2) is 42.8 Å². The molecule has 0 radical (unpaired) electrons. The number of benzene rings is 2. The van der Waals surface area contributed by atoms with Crippen molar-refractivity contribution < 1.29 is 14.0 Å². The molecule has 1 aromatic heterocycles. The maximum absolute atomic E-state index is 6.54. The van der Waals surface area contributed by atoms with Crippen LogP contribution in [0.25, 0.3) is 0 Å². The zero-order valence-corrected chi connectivity index (χ0v) is 19.8. The van der Waals surface area contributed by atoms with E-state index in [2.05, 4.69) is 55.2 Å². The highest BCUT2D eigenvalue weighted by Gasteiger charge is 2.48. The smallest absolute Gasteiger partial charge is 0.178 e. The molecule has 3 aliphatic heterocycles. The molecule has 0 N–H and O–H groups in total. The van der Waals surface area contributed by atoms with E-state index in [0.717, 1.165) is 22.8 Å². The first-order valence-corrected chi connectivity index (χ1v) is 11.8. The molecule has 176 valence electrons. The van der Waals surface area contributed by atoms with Crippen LogP contribution in [0, 0.1) is 5.92 Å². The van der Waals surface area contributed by atoms with E-state index in [0.29, 0.717) is 12.5 Å². The summed E-state index contributed by atoms with van der Waals surface area (Å²) in [7, 11) is 1.73. The molecule has 1 saturated heterocycles. The Morgan fingerprint density at radius 1 is 0.971 bits per heavy atom. The highest BCUT2D eigenvalue weighted by molar-refractivity contribution is 5.99. The number of hydroxylamine groups is 1. The molecule has 0 unspecified atom stereocenters. The summed E-state index contributed by atoms with van der Waals surface area (Å²) in [6.45, 7) is 4.90. The number of furan rings is 1. The normalized spacial score (nSPS) is 23.1. The lowest BCUT2D eigenvalue weighted by Gasteiger charge is -2.53. The Balaban J connectivity index is 1.63. The second-order valence-corrected chi connectivity index (χ2v) is 8.99. The first-order valence-electron chi connectivity index (χ1n) is 11.8. The van der Waals surface area contributed by atoms with Gasteiger partial charge in [0.2, 0.25) is 0 Å². The first-order chi connectivity index (χ1) is 16.7. The number of rotatable bonds is 7. The van der Waals surface area contributed by atoms with E-state index < -0.39 is 0 Å². The summed E-state index contributed by atoms with van der Waals surface area (Å²) < 4.78 is 11.5. The van der Waals surface area contributed by atoms with Gasteiger partial charge < -0.3 is 14.1 Å². The van der Waals surface area contributed by atoms with Gasteiger partial charge in [-0.1, -0.05) is 68.5 Å². The molecule has 0 spiro atoms. The number of nitrogens with zero attached hydrogens (tertiary/aromatic N) is 3. The van der Waals surface area contributed by atoms with Gasteiger partial charge in [0.25, 0.3) is 0 Å². The van der Waals surface area contributed by atoms with E-state index in [1.165, 1.54) is 0 Å². The summed E-state index contributed by atoms with van der Waals surface area (Å²) in [5.41, 5.74) is 2.05. The summed E-state index contributed by atoms with van der Waals surface area (Å²) in [6, 6.07) is 24.3. The Kier molecular flexibility index (Phi) is 6.52. The van der Waals surface area contributed by atoms with Crippen molar-refractivity contribution in [2.45, 2.75) is 38.2 Å². The van der Waals surface area contributed by atoms with Crippen LogP contribution in [0.15, 0.2) is 101 Å². The number of hydrogen-bond donors (Lipinski definition) is 0. The van der Waals surface area contributed by atoms with Crippen LogP contribution in [0.1, 0.15) is 31.2 Å². The monoisotopic (exact) mass is 457 g/mol. The minimum Gasteiger partial charge on any atom is -0.467 e. The van der Waals surface area contributed by atoms with Crippen LogP contribution in [-0.2, 0) is 9.57 Å². The third kappa shape index (κ3) is 4.27. The number of fused-ring (bicyclic) bond motifs is 2. The summed E-state index contributed by atoms with van der Waals surface area (Å²) in [5, 5.41) is 1.99. The Morgan fingerprint density at radius 2 is 1.71 bits per heavy atom. The maximum atomic E-state index is 6.54. The van der Waals surface area contributed by atoms with E-state index in [1.807, 2.05) is 53.6 Å². The molecule has 34 heavy (non-hydrogen) atoms. The van der Waals surface area contributed by atoms with Crippen LogP contribution in [0.4, 0.5) is 5.69 Å². The molecule has 4 heterocycles. The van der Waals surface area contributed by atoms with E-state index in [1.54, 1.807) is 13.4 Å². The molecule has 6 heteroatoms. The van der Waals surface area contributed by atoms with Gasteiger partial charge in [0, 0.05) is 12.7 Å². The fourth-order valence-corrected chi connectivity index (χ4v) is 4.62. The molecule has 2 aromatic carbocycles. The molecule has 0 aliphatic carbocycles. The van der Waals surface area contributed by atoms with Crippen molar-refractivity contribution in [2.24, 2.45) is 10.9 Å². The van der Waals surface area contributed by atoms with E-state index >= 15 is 0 Å². The number of ether oxygens (including phenoxy) is 1. The Morgan fingerprint density at radius 3 is 2.35 bits per heavy atom. The molecule has 3 aliphatic rings. The van der Waals surface area contributed by atoms with Gasteiger partial charge in [0.1, 0.15) is 23.7 Å². The van der Waals surface area contributed by atoms with Gasteiger partial charge in [-0.05, 0) is 36.3 Å². The van der Waals surface area contributed by atoms with Crippen molar-refractivity contribution in [3.63, 3.8) is 0 Å². The number of methoxy groups -OCH3 is 1. The molecular formula is C28H31N3O3. The largest absolute Gasteiger partial charge is 0.467 e. The number of amidine groups is 1. The number of para-hydroxylation sites is 1. The molecule has 0 amide bonds. The number of aliphatic imine (C=N–C) groups is 1. The van der Waals surface area contributed by atoms with Crippen molar-refractivity contribution in [3.8, 4) is 0 Å². The summed E-state index contributed by atoms with van der Waals surface area (Å²) in [6.07, 6.45) is 5.72. The number of hydrogen-bond acceptors (Lipinski definition) is 5. The molecule has 6 rings (SSSR count). The fourth-order valence-electron chi connectivity index (χ4n) is 4.62. The van der Waals surface area contributed by atoms with Crippen LogP contribution >= 0.6 is 0 Å². The summed E-state index contributed by atoms with van der Waals surface area (Å²) >= 11 is 0. The van der Waals surface area contributed by atoms with Crippen LogP contribution in [0.5, 0.6) is 0 Å². The molecule has 3 aromatic rings. The van der Waals surface area contributed by atoms with Crippen molar-refractivity contribution >= 4 is 11.5 Å². The Labute approximate surface area is 201 Å². The highest BCUT2D eigenvalue weighted by Crippen LogP contribution is 2.43. The SMILES string of the molecule is COC[C@@H](N=C(c1ccccc1)N1[C@H](c2ccco2)[C@@H]2C=C[C@H]1ON2c1ccccc1)C(C)C. The first kappa shape index (κ1) is 22.4. The van der Waals surface area contributed by atoms with E-state index in [9.17, 15) is 0 Å². The van der Waals surface area contributed by atoms with Crippen molar-refractivity contribution in [3.05, 3.63) is 103 Å². The summed E-state index contributed by atoms with van der Waals surface area (Å²) in [5.74, 6) is 2.07. The minimum atomic E-state index is -0.338. The Hall–Kier alpha value is -3.35. The van der Waals surface area contributed by atoms with Crippen LogP contribution < -0.4 is 5.06 Å². The molecule has 0 saturated carbocycles. The highest BCUT2D eigenvalue weighted by atomic mass is 16.7. The molecule has 2 bridgehead atoms. The second kappa shape index (κ2) is 9.87. The third-order valence-corrected chi connectivity index (χ3v) is 6.38. The average Bonchev–Trinajstić information content (AvgIpc) is 3.42. The zero-order chi connectivity index (χ0) is 23.5. The lowest BCUT2D eigenvalue weighted by molar-refractivity contribution is -0.0975. The fraction of sp³-hybridized carbons (Fsp3) is 0.321. The molecule has 1 fully saturated rings. The lowest BCUT2D eigenvalue weighted by atomic mass is 9.94. The quantitative estimate of drug-likeness (QED) is 0.268. The maximum Gasteiger partial charge on any atom is 0.178 e. The second-order valence-electron chi connectivity index (χ2n) is 8.99. The lowest BCUT2D eigenvalue weighted by Crippen LogP contribution is -2.62. The topological polar surface area (TPSA) is 50.4 Å².